The smallest absolute Gasteiger partial charge is 0.311 e. The van der Waals surface area contributed by atoms with Crippen LogP contribution in [0.1, 0.15) is 63.5 Å². The Kier molecular flexibility index (Phi) is 4.07. The topological polar surface area (TPSA) is 63.3 Å². The molecule has 3 heteroatoms. The molecule has 0 bridgehead atoms. The van der Waals surface area contributed by atoms with Gasteiger partial charge in [-0.1, -0.05) is 45.7 Å². The van der Waals surface area contributed by atoms with Crippen LogP contribution in [0.2, 0.25) is 0 Å². The maximum Gasteiger partial charge on any atom is 0.311 e. The van der Waals surface area contributed by atoms with Crippen LogP contribution in [0.4, 0.5) is 5.69 Å². The second-order valence-electron chi connectivity index (χ2n) is 6.95. The van der Waals surface area contributed by atoms with Gasteiger partial charge in [0.1, 0.15) is 0 Å². The van der Waals surface area contributed by atoms with E-state index in [4.69, 9.17) is 5.73 Å². The van der Waals surface area contributed by atoms with Gasteiger partial charge in [-0.05, 0) is 41.4 Å². The van der Waals surface area contributed by atoms with Crippen LogP contribution in [0.5, 0.6) is 0 Å². The molecule has 1 aromatic rings. The lowest BCUT2D eigenvalue weighted by Gasteiger charge is -2.25. The minimum atomic E-state index is -0.741. The van der Waals surface area contributed by atoms with Gasteiger partial charge >= 0.3 is 5.97 Å². The van der Waals surface area contributed by atoms with Crippen molar-refractivity contribution in [2.75, 3.05) is 5.73 Å². The molecule has 0 aliphatic heterocycles. The van der Waals surface area contributed by atoms with E-state index in [0.717, 1.165) is 36.8 Å². The number of hydrogen-bond acceptors (Lipinski definition) is 2. The summed E-state index contributed by atoms with van der Waals surface area (Å²) in [5.74, 6) is -0.973. The Labute approximate surface area is 121 Å². The van der Waals surface area contributed by atoms with Gasteiger partial charge in [-0.15, -0.1) is 0 Å². The van der Waals surface area contributed by atoms with Crippen molar-refractivity contribution in [3.05, 3.63) is 29.3 Å². The van der Waals surface area contributed by atoms with E-state index in [9.17, 15) is 9.90 Å². The Bertz CT molecular complexity index is 496. The predicted octanol–water partition coefficient (Wildman–Crippen LogP) is 3.92. The van der Waals surface area contributed by atoms with E-state index in [-0.39, 0.29) is 11.3 Å². The predicted molar refractivity (Wildman–Crippen MR) is 81.9 cm³/mol. The monoisotopic (exact) mass is 275 g/mol. The highest BCUT2D eigenvalue weighted by Crippen LogP contribution is 2.40. The van der Waals surface area contributed by atoms with Crippen molar-refractivity contribution in [2.24, 2.45) is 5.92 Å². The van der Waals surface area contributed by atoms with Crippen LogP contribution < -0.4 is 5.73 Å². The molecule has 1 saturated carbocycles. The normalized spacial score (nSPS) is 18.1. The molecule has 0 spiro atoms. The van der Waals surface area contributed by atoms with E-state index in [1.807, 2.05) is 18.2 Å². The van der Waals surface area contributed by atoms with Crippen molar-refractivity contribution in [3.63, 3.8) is 0 Å². The summed E-state index contributed by atoms with van der Waals surface area (Å²) in [5, 5.41) is 9.65. The van der Waals surface area contributed by atoms with Crippen molar-refractivity contribution >= 4 is 11.7 Å². The molecule has 1 atom stereocenters. The molecule has 1 unspecified atom stereocenters. The standard InChI is InChI=1S/C17H25NO2/c1-17(2,3)12-8-9-14(18)13(10-12)15(16(19)20)11-6-4-5-7-11/h8-11,15H,4-7,18H2,1-3H3,(H,19,20). The van der Waals surface area contributed by atoms with Gasteiger partial charge in [0.2, 0.25) is 0 Å². The number of anilines is 1. The second kappa shape index (κ2) is 5.47. The van der Waals surface area contributed by atoms with E-state index in [2.05, 4.69) is 20.8 Å². The zero-order valence-corrected chi connectivity index (χ0v) is 12.6. The van der Waals surface area contributed by atoms with Crippen LogP contribution >= 0.6 is 0 Å². The molecular formula is C17H25NO2. The van der Waals surface area contributed by atoms with Gasteiger partial charge in [0.25, 0.3) is 0 Å². The van der Waals surface area contributed by atoms with Gasteiger partial charge in [-0.2, -0.15) is 0 Å². The molecule has 0 amide bonds. The number of nitrogen functional groups attached to an aromatic ring is 1. The number of rotatable bonds is 3. The molecule has 0 heterocycles. The number of carboxylic acid groups (broad SMARTS) is 1. The molecule has 1 aliphatic carbocycles. The van der Waals surface area contributed by atoms with Gasteiger partial charge in [0.15, 0.2) is 0 Å². The summed E-state index contributed by atoms with van der Waals surface area (Å²) < 4.78 is 0. The van der Waals surface area contributed by atoms with Crippen molar-refractivity contribution in [1.29, 1.82) is 0 Å². The van der Waals surface area contributed by atoms with Gasteiger partial charge in [0.05, 0.1) is 5.92 Å². The average Bonchev–Trinajstić information content (AvgIpc) is 2.83. The first-order valence-corrected chi connectivity index (χ1v) is 7.43. The van der Waals surface area contributed by atoms with Gasteiger partial charge < -0.3 is 10.8 Å². The highest BCUT2D eigenvalue weighted by atomic mass is 16.4. The Morgan fingerprint density at radius 2 is 1.90 bits per heavy atom. The molecule has 20 heavy (non-hydrogen) atoms. The Hall–Kier alpha value is -1.51. The molecule has 1 aromatic carbocycles. The van der Waals surface area contributed by atoms with Gasteiger partial charge in [-0.25, -0.2) is 0 Å². The summed E-state index contributed by atoms with van der Waals surface area (Å²) in [6.45, 7) is 6.40. The fraction of sp³-hybridized carbons (Fsp3) is 0.588. The van der Waals surface area contributed by atoms with Crippen molar-refractivity contribution < 1.29 is 9.90 Å². The minimum absolute atomic E-state index is 0.00117. The first kappa shape index (κ1) is 14.9. The van der Waals surface area contributed by atoms with Crippen LogP contribution in [0.3, 0.4) is 0 Å². The zero-order valence-electron chi connectivity index (χ0n) is 12.6. The molecule has 3 N–H and O–H groups in total. The third kappa shape index (κ3) is 2.97. The summed E-state index contributed by atoms with van der Waals surface area (Å²) in [6, 6.07) is 5.87. The van der Waals surface area contributed by atoms with E-state index >= 15 is 0 Å². The zero-order chi connectivity index (χ0) is 14.9. The fourth-order valence-electron chi connectivity index (χ4n) is 3.19. The summed E-state index contributed by atoms with van der Waals surface area (Å²) in [4.78, 5) is 11.7. The highest BCUT2D eigenvalue weighted by molar-refractivity contribution is 5.79. The van der Waals surface area contributed by atoms with Gasteiger partial charge in [0, 0.05) is 5.69 Å². The number of benzene rings is 1. The molecule has 110 valence electrons. The molecule has 0 saturated heterocycles. The maximum atomic E-state index is 11.7. The summed E-state index contributed by atoms with van der Waals surface area (Å²) in [7, 11) is 0. The number of hydrogen-bond donors (Lipinski definition) is 2. The average molecular weight is 275 g/mol. The molecule has 1 aliphatic rings. The molecule has 0 radical (unpaired) electrons. The summed E-state index contributed by atoms with van der Waals surface area (Å²) in [6.07, 6.45) is 4.26. The summed E-state index contributed by atoms with van der Waals surface area (Å²) >= 11 is 0. The largest absolute Gasteiger partial charge is 0.481 e. The van der Waals surface area contributed by atoms with E-state index in [0.29, 0.717) is 5.69 Å². The van der Waals surface area contributed by atoms with Crippen molar-refractivity contribution in [3.8, 4) is 0 Å². The minimum Gasteiger partial charge on any atom is -0.481 e. The fourth-order valence-corrected chi connectivity index (χ4v) is 3.19. The third-order valence-corrected chi connectivity index (χ3v) is 4.43. The Morgan fingerprint density at radius 1 is 1.30 bits per heavy atom. The van der Waals surface area contributed by atoms with E-state index < -0.39 is 11.9 Å². The Morgan fingerprint density at radius 3 is 2.40 bits per heavy atom. The first-order valence-electron chi connectivity index (χ1n) is 7.43. The van der Waals surface area contributed by atoms with Crippen LogP contribution in [0.15, 0.2) is 18.2 Å². The van der Waals surface area contributed by atoms with Crippen LogP contribution in [0, 0.1) is 5.92 Å². The van der Waals surface area contributed by atoms with E-state index in [1.54, 1.807) is 0 Å². The Balaban J connectivity index is 2.44. The summed E-state index contributed by atoms with van der Waals surface area (Å²) in [5.41, 5.74) is 8.63. The van der Waals surface area contributed by atoms with Crippen molar-refractivity contribution in [1.82, 2.24) is 0 Å². The number of carboxylic acids is 1. The SMILES string of the molecule is CC(C)(C)c1ccc(N)c(C(C(=O)O)C2CCCC2)c1. The third-order valence-electron chi connectivity index (χ3n) is 4.43. The van der Waals surface area contributed by atoms with Gasteiger partial charge in [-0.3, -0.25) is 4.79 Å². The quantitative estimate of drug-likeness (QED) is 0.822. The second-order valence-corrected chi connectivity index (χ2v) is 6.95. The molecule has 0 aromatic heterocycles. The molecule has 2 rings (SSSR count). The molecular weight excluding hydrogens is 250 g/mol. The first-order chi connectivity index (χ1) is 9.30. The highest BCUT2D eigenvalue weighted by Gasteiger charge is 2.33. The van der Waals surface area contributed by atoms with Crippen LogP contribution in [-0.4, -0.2) is 11.1 Å². The lowest BCUT2D eigenvalue weighted by Crippen LogP contribution is -2.22. The number of nitrogens with two attached hydrogens (primary N) is 1. The number of aliphatic carboxylic acids is 1. The van der Waals surface area contributed by atoms with E-state index in [1.165, 1.54) is 0 Å². The maximum absolute atomic E-state index is 11.7. The molecule has 1 fully saturated rings. The molecule has 3 nitrogen and oxygen atoms in total. The van der Waals surface area contributed by atoms with Crippen molar-refractivity contribution in [2.45, 2.75) is 57.8 Å². The van der Waals surface area contributed by atoms with Crippen LogP contribution in [-0.2, 0) is 10.2 Å². The lowest BCUT2D eigenvalue weighted by molar-refractivity contribution is -0.140. The van der Waals surface area contributed by atoms with Crippen LogP contribution in [0.25, 0.3) is 0 Å². The lowest BCUT2D eigenvalue weighted by atomic mass is 9.80. The number of carbonyl (C=O) groups is 1.